The third-order valence-electron chi connectivity index (χ3n) is 3.12. The molecule has 3 unspecified atom stereocenters. The van der Waals surface area contributed by atoms with Crippen LogP contribution >= 0.6 is 0 Å². The lowest BCUT2D eigenvalue weighted by molar-refractivity contribution is 0.378. The van der Waals surface area contributed by atoms with Gasteiger partial charge in [-0.3, -0.25) is 0 Å². The Hall–Kier alpha value is -0.0400. The number of hydrogen-bond donors (Lipinski definition) is 1. The normalized spacial score (nSPS) is 30.8. The van der Waals surface area contributed by atoms with E-state index in [9.17, 15) is 0 Å². The van der Waals surface area contributed by atoms with Gasteiger partial charge in [0.25, 0.3) is 0 Å². The second kappa shape index (κ2) is 4.27. The fourth-order valence-electron chi connectivity index (χ4n) is 1.96. The highest BCUT2D eigenvalue weighted by Gasteiger charge is 2.36. The molecule has 72 valence electrons. The Morgan fingerprint density at radius 2 is 2.00 bits per heavy atom. The summed E-state index contributed by atoms with van der Waals surface area (Å²) in [6, 6.07) is 1.59. The maximum Gasteiger partial charge on any atom is 0.0102 e. The second-order valence-electron chi connectivity index (χ2n) is 4.44. The Kier molecular flexibility index (Phi) is 3.57. The van der Waals surface area contributed by atoms with E-state index in [1.165, 1.54) is 19.3 Å². The minimum absolute atomic E-state index is 0.742. The molecule has 1 aliphatic rings. The van der Waals surface area contributed by atoms with E-state index in [4.69, 9.17) is 0 Å². The van der Waals surface area contributed by atoms with Crippen molar-refractivity contribution in [3.8, 4) is 0 Å². The average molecular weight is 169 g/mol. The molecular formula is C11H23N. The number of rotatable bonds is 5. The molecule has 0 radical (unpaired) electrons. The van der Waals surface area contributed by atoms with Crippen LogP contribution in [0.5, 0.6) is 0 Å². The summed E-state index contributed by atoms with van der Waals surface area (Å²) in [6.07, 6.45) is 4.04. The molecule has 1 aliphatic carbocycles. The molecule has 1 nitrogen and oxygen atoms in total. The van der Waals surface area contributed by atoms with Gasteiger partial charge in [-0.2, -0.15) is 0 Å². The Morgan fingerprint density at radius 1 is 1.33 bits per heavy atom. The van der Waals surface area contributed by atoms with Crippen molar-refractivity contribution in [3.63, 3.8) is 0 Å². The van der Waals surface area contributed by atoms with Crippen LogP contribution in [0.25, 0.3) is 0 Å². The van der Waals surface area contributed by atoms with Gasteiger partial charge >= 0.3 is 0 Å². The van der Waals surface area contributed by atoms with Crippen LogP contribution in [0.1, 0.15) is 47.0 Å². The van der Waals surface area contributed by atoms with Crippen LogP contribution in [0.2, 0.25) is 0 Å². The van der Waals surface area contributed by atoms with E-state index in [0.717, 1.165) is 23.9 Å². The van der Waals surface area contributed by atoms with E-state index in [1.807, 2.05) is 0 Å². The Bertz CT molecular complexity index is 131. The smallest absolute Gasteiger partial charge is 0.0102 e. The summed E-state index contributed by atoms with van der Waals surface area (Å²) in [7, 11) is 0. The molecule has 0 aromatic carbocycles. The van der Waals surface area contributed by atoms with Gasteiger partial charge in [0.05, 0.1) is 0 Å². The first kappa shape index (κ1) is 10.0. The summed E-state index contributed by atoms with van der Waals surface area (Å²) in [5.74, 6) is 1.77. The molecule has 0 saturated heterocycles. The summed E-state index contributed by atoms with van der Waals surface area (Å²) >= 11 is 0. The fourth-order valence-corrected chi connectivity index (χ4v) is 1.96. The molecular weight excluding hydrogens is 146 g/mol. The van der Waals surface area contributed by atoms with Crippen LogP contribution < -0.4 is 5.32 Å². The highest BCUT2D eigenvalue weighted by atomic mass is 15.0. The first-order chi connectivity index (χ1) is 5.69. The number of nitrogens with one attached hydrogen (secondary N) is 1. The standard InChI is InChI=1S/C11H23N/c1-5-9-7-11(9)12-10(6-2)8(3)4/h8-12H,5-7H2,1-4H3. The summed E-state index contributed by atoms with van der Waals surface area (Å²) in [4.78, 5) is 0. The lowest BCUT2D eigenvalue weighted by Crippen LogP contribution is -2.35. The van der Waals surface area contributed by atoms with Gasteiger partial charge in [-0.25, -0.2) is 0 Å². The zero-order valence-electron chi connectivity index (χ0n) is 8.93. The highest BCUT2D eigenvalue weighted by Crippen LogP contribution is 2.34. The lowest BCUT2D eigenvalue weighted by atomic mass is 10.0. The van der Waals surface area contributed by atoms with Gasteiger partial charge in [-0.15, -0.1) is 0 Å². The van der Waals surface area contributed by atoms with Crippen molar-refractivity contribution in [1.82, 2.24) is 5.32 Å². The quantitative estimate of drug-likeness (QED) is 0.667. The molecule has 0 aliphatic heterocycles. The third kappa shape index (κ3) is 2.48. The van der Waals surface area contributed by atoms with Crippen molar-refractivity contribution >= 4 is 0 Å². The van der Waals surface area contributed by atoms with Crippen molar-refractivity contribution in [2.75, 3.05) is 0 Å². The number of hydrogen-bond acceptors (Lipinski definition) is 1. The predicted molar refractivity (Wildman–Crippen MR) is 54.2 cm³/mol. The van der Waals surface area contributed by atoms with E-state index >= 15 is 0 Å². The van der Waals surface area contributed by atoms with E-state index in [2.05, 4.69) is 33.0 Å². The molecule has 0 aromatic heterocycles. The zero-order chi connectivity index (χ0) is 9.14. The molecule has 1 saturated carbocycles. The van der Waals surface area contributed by atoms with Crippen molar-refractivity contribution in [1.29, 1.82) is 0 Å². The second-order valence-corrected chi connectivity index (χ2v) is 4.44. The van der Waals surface area contributed by atoms with Gasteiger partial charge in [-0.1, -0.05) is 34.1 Å². The Morgan fingerprint density at radius 3 is 2.33 bits per heavy atom. The van der Waals surface area contributed by atoms with Gasteiger partial charge in [0.2, 0.25) is 0 Å². The maximum absolute atomic E-state index is 3.74. The third-order valence-corrected chi connectivity index (χ3v) is 3.12. The average Bonchev–Trinajstić information content (AvgIpc) is 2.78. The molecule has 0 spiro atoms. The summed E-state index contributed by atoms with van der Waals surface area (Å²) in [6.45, 7) is 9.19. The van der Waals surface area contributed by atoms with Gasteiger partial charge in [0.15, 0.2) is 0 Å². The Balaban J connectivity index is 2.21. The first-order valence-corrected chi connectivity index (χ1v) is 5.45. The molecule has 0 amide bonds. The summed E-state index contributed by atoms with van der Waals surface area (Å²) in [5.41, 5.74) is 0. The Labute approximate surface area is 76.9 Å². The monoisotopic (exact) mass is 169 g/mol. The van der Waals surface area contributed by atoms with Crippen molar-refractivity contribution in [3.05, 3.63) is 0 Å². The van der Waals surface area contributed by atoms with Crippen LogP contribution in [0.4, 0.5) is 0 Å². The molecule has 0 aromatic rings. The van der Waals surface area contributed by atoms with E-state index in [1.54, 1.807) is 0 Å². The van der Waals surface area contributed by atoms with Crippen molar-refractivity contribution in [2.24, 2.45) is 11.8 Å². The lowest BCUT2D eigenvalue weighted by Gasteiger charge is -2.20. The van der Waals surface area contributed by atoms with E-state index in [0.29, 0.717) is 0 Å². The van der Waals surface area contributed by atoms with Crippen LogP contribution in [-0.2, 0) is 0 Å². The van der Waals surface area contributed by atoms with Crippen molar-refractivity contribution < 1.29 is 0 Å². The summed E-state index contributed by atoms with van der Waals surface area (Å²) in [5, 5.41) is 3.74. The first-order valence-electron chi connectivity index (χ1n) is 5.45. The van der Waals surface area contributed by atoms with E-state index < -0.39 is 0 Å². The predicted octanol–water partition coefficient (Wildman–Crippen LogP) is 2.81. The van der Waals surface area contributed by atoms with Crippen LogP contribution in [-0.4, -0.2) is 12.1 Å². The van der Waals surface area contributed by atoms with E-state index in [-0.39, 0.29) is 0 Å². The largest absolute Gasteiger partial charge is 0.311 e. The fraction of sp³-hybridized carbons (Fsp3) is 1.00. The zero-order valence-corrected chi connectivity index (χ0v) is 8.93. The minimum Gasteiger partial charge on any atom is -0.311 e. The van der Waals surface area contributed by atoms with Gasteiger partial charge < -0.3 is 5.32 Å². The molecule has 1 rings (SSSR count). The highest BCUT2D eigenvalue weighted by molar-refractivity contribution is 4.94. The SMILES string of the molecule is CCC1CC1NC(CC)C(C)C. The topological polar surface area (TPSA) is 12.0 Å². The molecule has 0 bridgehead atoms. The van der Waals surface area contributed by atoms with Gasteiger partial charge in [0, 0.05) is 12.1 Å². The maximum atomic E-state index is 3.74. The van der Waals surface area contributed by atoms with Crippen LogP contribution in [0.15, 0.2) is 0 Å². The molecule has 1 fully saturated rings. The molecule has 1 N–H and O–H groups in total. The minimum atomic E-state index is 0.742. The van der Waals surface area contributed by atoms with Gasteiger partial charge in [-0.05, 0) is 24.7 Å². The van der Waals surface area contributed by atoms with Crippen LogP contribution in [0, 0.1) is 11.8 Å². The van der Waals surface area contributed by atoms with Crippen molar-refractivity contribution in [2.45, 2.75) is 59.0 Å². The van der Waals surface area contributed by atoms with Crippen LogP contribution in [0.3, 0.4) is 0 Å². The molecule has 3 atom stereocenters. The van der Waals surface area contributed by atoms with Gasteiger partial charge in [0.1, 0.15) is 0 Å². The molecule has 0 heterocycles. The summed E-state index contributed by atoms with van der Waals surface area (Å²) < 4.78 is 0. The molecule has 12 heavy (non-hydrogen) atoms. The molecule has 1 heteroatoms.